The summed E-state index contributed by atoms with van der Waals surface area (Å²) in [6, 6.07) is 6.59. The number of anilines is 1. The van der Waals surface area contributed by atoms with Gasteiger partial charge in [0, 0.05) is 19.4 Å². The predicted molar refractivity (Wildman–Crippen MR) is 79.2 cm³/mol. The number of rotatable bonds is 5. The van der Waals surface area contributed by atoms with Gasteiger partial charge in [-0.15, -0.1) is 10.2 Å². The molecule has 8 heteroatoms. The van der Waals surface area contributed by atoms with Gasteiger partial charge in [-0.3, -0.25) is 0 Å². The van der Waals surface area contributed by atoms with Crippen molar-refractivity contribution in [1.82, 2.24) is 24.9 Å². The van der Waals surface area contributed by atoms with Crippen LogP contribution < -0.4 is 5.32 Å². The smallest absolute Gasteiger partial charge is 0.321 e. The minimum absolute atomic E-state index is 0.259. The average molecular weight is 314 g/mol. The van der Waals surface area contributed by atoms with Gasteiger partial charge in [-0.2, -0.15) is 4.98 Å². The lowest BCUT2D eigenvalue weighted by molar-refractivity contribution is 0.423. The Morgan fingerprint density at radius 1 is 1.22 bits per heavy atom. The molecule has 7 nitrogen and oxygen atoms in total. The summed E-state index contributed by atoms with van der Waals surface area (Å²) in [4.78, 5) is 4.28. The number of halogens is 1. The molecule has 0 fully saturated rings. The fraction of sp³-hybridized carbons (Fsp3) is 0.333. The van der Waals surface area contributed by atoms with Crippen LogP contribution in [0.5, 0.6) is 0 Å². The third-order valence-electron chi connectivity index (χ3n) is 3.83. The molecule has 0 bridgehead atoms. The first-order chi connectivity index (χ1) is 11.3. The second-order valence-corrected chi connectivity index (χ2v) is 5.46. The Kier molecular flexibility index (Phi) is 3.49. The van der Waals surface area contributed by atoms with E-state index in [4.69, 9.17) is 4.52 Å². The van der Waals surface area contributed by atoms with Crippen molar-refractivity contribution in [2.24, 2.45) is 0 Å². The molecular formula is C15H15FN6O. The summed E-state index contributed by atoms with van der Waals surface area (Å²) >= 11 is 0. The highest BCUT2D eigenvalue weighted by atomic mass is 19.1. The Bertz CT molecular complexity index is 810. The van der Waals surface area contributed by atoms with Gasteiger partial charge in [0.2, 0.25) is 0 Å². The lowest BCUT2D eigenvalue weighted by Gasteiger charge is -2.02. The van der Waals surface area contributed by atoms with Crippen LogP contribution in [0, 0.1) is 5.82 Å². The highest BCUT2D eigenvalue weighted by Crippen LogP contribution is 2.15. The second kappa shape index (κ2) is 5.79. The fourth-order valence-corrected chi connectivity index (χ4v) is 2.68. The molecule has 3 aromatic rings. The molecule has 0 aliphatic carbocycles. The normalized spacial score (nSPS) is 13.3. The van der Waals surface area contributed by atoms with Crippen molar-refractivity contribution in [2.45, 2.75) is 32.4 Å². The number of benzene rings is 1. The summed E-state index contributed by atoms with van der Waals surface area (Å²) in [6.45, 7) is 1.45. The summed E-state index contributed by atoms with van der Waals surface area (Å²) in [5.41, 5.74) is 0.925. The van der Waals surface area contributed by atoms with Gasteiger partial charge in [-0.05, 0) is 24.1 Å². The summed E-state index contributed by atoms with van der Waals surface area (Å²) in [6.07, 6.45) is 2.58. The number of aromatic nitrogens is 5. The Morgan fingerprint density at radius 3 is 2.96 bits per heavy atom. The molecule has 2 aromatic heterocycles. The first-order valence-electron chi connectivity index (χ1n) is 7.50. The Balaban J connectivity index is 1.39. The zero-order valence-electron chi connectivity index (χ0n) is 12.4. The molecule has 1 aromatic carbocycles. The lowest BCUT2D eigenvalue weighted by Crippen LogP contribution is -2.07. The quantitative estimate of drug-likeness (QED) is 0.775. The van der Waals surface area contributed by atoms with Crippen LogP contribution in [0.1, 0.15) is 29.5 Å². The minimum atomic E-state index is -0.259. The van der Waals surface area contributed by atoms with Crippen LogP contribution in [0.15, 0.2) is 28.8 Å². The van der Waals surface area contributed by atoms with Gasteiger partial charge in [0.05, 0.1) is 6.54 Å². The largest absolute Gasteiger partial charge is 0.330 e. The number of hydrogen-bond donors (Lipinski definition) is 1. The lowest BCUT2D eigenvalue weighted by atomic mass is 10.1. The molecule has 1 N–H and O–H groups in total. The number of hydrogen-bond acceptors (Lipinski definition) is 6. The van der Waals surface area contributed by atoms with E-state index in [9.17, 15) is 4.39 Å². The Morgan fingerprint density at radius 2 is 2.09 bits per heavy atom. The topological polar surface area (TPSA) is 81.7 Å². The van der Waals surface area contributed by atoms with Crippen LogP contribution >= 0.6 is 0 Å². The predicted octanol–water partition coefficient (Wildman–Crippen LogP) is 1.95. The third kappa shape index (κ3) is 2.92. The molecule has 0 amide bonds. The Hall–Kier alpha value is -2.77. The van der Waals surface area contributed by atoms with E-state index in [1.165, 1.54) is 12.1 Å². The molecule has 0 unspecified atom stereocenters. The molecule has 0 atom stereocenters. The standard InChI is InChI=1S/C15H15FN6O/c16-11-5-3-10(4-6-11)8-12-18-15(23-21-12)17-9-14-20-19-13-2-1-7-22(13)14/h3-6H,1-2,7-9H2,(H,17,18,21). The van der Waals surface area contributed by atoms with Gasteiger partial charge in [0.15, 0.2) is 11.6 Å². The van der Waals surface area contributed by atoms with Crippen LogP contribution in [0.25, 0.3) is 0 Å². The van der Waals surface area contributed by atoms with Crippen molar-refractivity contribution in [1.29, 1.82) is 0 Å². The van der Waals surface area contributed by atoms with E-state index in [0.29, 0.717) is 24.8 Å². The molecule has 3 heterocycles. The highest BCUT2D eigenvalue weighted by Gasteiger charge is 2.17. The molecule has 1 aliphatic rings. The molecule has 0 radical (unpaired) electrons. The SMILES string of the molecule is Fc1ccc(Cc2noc(NCc3nnc4n3CCC4)n2)cc1. The van der Waals surface area contributed by atoms with E-state index < -0.39 is 0 Å². The van der Waals surface area contributed by atoms with Crippen LogP contribution in [0.3, 0.4) is 0 Å². The number of nitrogens with zero attached hydrogens (tertiary/aromatic N) is 5. The zero-order valence-corrected chi connectivity index (χ0v) is 12.4. The van der Waals surface area contributed by atoms with Gasteiger partial charge in [0.25, 0.3) is 0 Å². The molecule has 0 spiro atoms. The van der Waals surface area contributed by atoms with Crippen molar-refractivity contribution in [2.75, 3.05) is 5.32 Å². The number of fused-ring (bicyclic) bond motifs is 1. The second-order valence-electron chi connectivity index (χ2n) is 5.46. The van der Waals surface area contributed by atoms with Gasteiger partial charge in [-0.1, -0.05) is 17.3 Å². The van der Waals surface area contributed by atoms with E-state index in [1.807, 2.05) is 0 Å². The molecule has 1 aliphatic heterocycles. The maximum Gasteiger partial charge on any atom is 0.321 e. The van der Waals surface area contributed by atoms with Crippen molar-refractivity contribution in [3.8, 4) is 0 Å². The van der Waals surface area contributed by atoms with Crippen LogP contribution in [0.4, 0.5) is 10.4 Å². The molecule has 0 saturated carbocycles. The summed E-state index contributed by atoms with van der Waals surface area (Å²) in [5, 5.41) is 15.3. The van der Waals surface area contributed by atoms with Crippen molar-refractivity contribution in [3.05, 3.63) is 53.1 Å². The molecule has 4 rings (SSSR count). The van der Waals surface area contributed by atoms with E-state index in [1.54, 1.807) is 12.1 Å². The van der Waals surface area contributed by atoms with E-state index in [-0.39, 0.29) is 5.82 Å². The summed E-state index contributed by atoms with van der Waals surface area (Å²) in [7, 11) is 0. The van der Waals surface area contributed by atoms with Crippen LogP contribution in [0.2, 0.25) is 0 Å². The van der Waals surface area contributed by atoms with Crippen molar-refractivity contribution < 1.29 is 8.91 Å². The van der Waals surface area contributed by atoms with Crippen molar-refractivity contribution >= 4 is 6.01 Å². The van der Waals surface area contributed by atoms with Crippen LogP contribution in [-0.4, -0.2) is 24.9 Å². The highest BCUT2D eigenvalue weighted by molar-refractivity contribution is 5.23. The van der Waals surface area contributed by atoms with Gasteiger partial charge in [-0.25, -0.2) is 4.39 Å². The Labute approximate surface area is 131 Å². The first-order valence-corrected chi connectivity index (χ1v) is 7.50. The van der Waals surface area contributed by atoms with Crippen molar-refractivity contribution in [3.63, 3.8) is 0 Å². The van der Waals surface area contributed by atoms with E-state index in [0.717, 1.165) is 36.6 Å². The van der Waals surface area contributed by atoms with E-state index in [2.05, 4.69) is 30.2 Å². The maximum absolute atomic E-state index is 12.9. The van der Waals surface area contributed by atoms with Crippen LogP contribution in [-0.2, 0) is 25.9 Å². The third-order valence-corrected chi connectivity index (χ3v) is 3.83. The monoisotopic (exact) mass is 314 g/mol. The molecule has 0 saturated heterocycles. The fourth-order valence-electron chi connectivity index (χ4n) is 2.68. The molecule has 23 heavy (non-hydrogen) atoms. The number of aryl methyl sites for hydroxylation is 1. The maximum atomic E-state index is 12.9. The van der Waals surface area contributed by atoms with Gasteiger partial charge >= 0.3 is 6.01 Å². The summed E-state index contributed by atoms with van der Waals surface area (Å²) < 4.78 is 20.2. The van der Waals surface area contributed by atoms with E-state index >= 15 is 0 Å². The molecule has 118 valence electrons. The first kappa shape index (κ1) is 13.9. The summed E-state index contributed by atoms with van der Waals surface area (Å²) in [5.74, 6) is 2.19. The number of nitrogens with one attached hydrogen (secondary N) is 1. The van der Waals surface area contributed by atoms with Gasteiger partial charge in [0.1, 0.15) is 11.6 Å². The average Bonchev–Trinajstić information content (AvgIpc) is 3.25. The zero-order chi connectivity index (χ0) is 15.6. The van der Waals surface area contributed by atoms with Gasteiger partial charge < -0.3 is 14.4 Å². The molecular weight excluding hydrogens is 299 g/mol. The minimum Gasteiger partial charge on any atom is -0.330 e.